The number of hydroxylamine groups is 2. The Labute approximate surface area is 282 Å². The highest BCUT2D eigenvalue weighted by molar-refractivity contribution is 9.09. The van der Waals surface area contributed by atoms with E-state index in [1.54, 1.807) is 27.7 Å². The molecule has 0 aromatic rings. The third kappa shape index (κ3) is 8.23. The number of alkyl halides is 19. The van der Waals surface area contributed by atoms with Crippen molar-refractivity contribution in [2.24, 2.45) is 5.41 Å². The van der Waals surface area contributed by atoms with Gasteiger partial charge in [-0.2, -0.15) is 84.1 Å². The zero-order chi connectivity index (χ0) is 39.8. The molecule has 1 N–H and O–H groups in total. The summed E-state index contributed by atoms with van der Waals surface area (Å²) < 4.78 is 257. The Morgan fingerprint density at radius 2 is 0.800 bits per heavy atom. The summed E-state index contributed by atoms with van der Waals surface area (Å²) in [6, 6.07) is 0. The molecule has 24 heteroatoms. The standard InChI is InChI=1S/C26H34BrF18NO4/c1-5-17(6-2)9-15(10-18(7-3,8-4)46(17)47)48-12-16(11-27,13-49-19(21(28,29)30,22(31,32)33)23(34,35)36)14-50-20(24(37,38)39,25(40,41)42)26(43,44)45/h15,47H,5-14H2,1-4H3. The molecule has 0 unspecified atom stereocenters. The van der Waals surface area contributed by atoms with Gasteiger partial charge in [-0.15, -0.1) is 0 Å². The number of rotatable bonds is 14. The molecule has 1 aliphatic rings. The van der Waals surface area contributed by atoms with Gasteiger partial charge in [0.1, 0.15) is 0 Å². The molecule has 0 radical (unpaired) electrons. The number of ether oxygens (including phenoxy) is 3. The van der Waals surface area contributed by atoms with E-state index >= 15 is 0 Å². The molecule has 1 heterocycles. The fourth-order valence-corrected chi connectivity index (χ4v) is 6.39. The highest BCUT2D eigenvalue weighted by Gasteiger charge is 2.87. The molecule has 0 aliphatic carbocycles. The molecule has 0 aromatic carbocycles. The van der Waals surface area contributed by atoms with Gasteiger partial charge in [0.2, 0.25) is 0 Å². The number of hydrogen-bond acceptors (Lipinski definition) is 5. The van der Waals surface area contributed by atoms with Crippen LogP contribution in [0.5, 0.6) is 0 Å². The first-order chi connectivity index (χ1) is 22.2. The fourth-order valence-electron chi connectivity index (χ4n) is 5.90. The third-order valence-corrected chi connectivity index (χ3v) is 10.4. The van der Waals surface area contributed by atoms with Crippen molar-refractivity contribution < 1.29 is 98.4 Å². The van der Waals surface area contributed by atoms with Gasteiger partial charge in [0.25, 0.3) is 0 Å². The van der Waals surface area contributed by atoms with Gasteiger partial charge >= 0.3 is 48.3 Å². The smallest absolute Gasteiger partial charge is 0.377 e. The lowest BCUT2D eigenvalue weighted by Crippen LogP contribution is -2.70. The molecule has 300 valence electrons. The summed E-state index contributed by atoms with van der Waals surface area (Å²) in [6.45, 7) is -0.930. The van der Waals surface area contributed by atoms with Crippen LogP contribution in [0.1, 0.15) is 66.2 Å². The first-order valence-electron chi connectivity index (χ1n) is 14.5. The van der Waals surface area contributed by atoms with Gasteiger partial charge in [0.15, 0.2) is 0 Å². The lowest BCUT2D eigenvalue weighted by atomic mass is 9.71. The summed E-state index contributed by atoms with van der Waals surface area (Å²) in [6.07, 6.45) is -45.9. The van der Waals surface area contributed by atoms with Crippen LogP contribution >= 0.6 is 15.9 Å². The van der Waals surface area contributed by atoms with E-state index in [0.717, 1.165) is 5.06 Å². The minimum atomic E-state index is -7.44. The Bertz CT molecular complexity index is 943. The molecule has 1 aliphatic heterocycles. The Kier molecular flexibility index (Phi) is 14.1. The summed E-state index contributed by atoms with van der Waals surface area (Å²) in [5, 5.41) is 10.6. The van der Waals surface area contributed by atoms with Gasteiger partial charge in [-0.25, -0.2) is 0 Å². The van der Waals surface area contributed by atoms with Gasteiger partial charge in [0, 0.05) is 16.4 Å². The van der Waals surface area contributed by atoms with Crippen molar-refractivity contribution in [2.75, 3.05) is 25.2 Å². The Morgan fingerprint density at radius 1 is 0.540 bits per heavy atom. The van der Waals surface area contributed by atoms with Crippen LogP contribution in [0.4, 0.5) is 79.0 Å². The van der Waals surface area contributed by atoms with Crippen molar-refractivity contribution in [2.45, 2.75) is 132 Å². The molecule has 0 atom stereocenters. The van der Waals surface area contributed by atoms with Crippen LogP contribution in [0.25, 0.3) is 0 Å². The van der Waals surface area contributed by atoms with Crippen LogP contribution < -0.4 is 0 Å². The van der Waals surface area contributed by atoms with Crippen molar-refractivity contribution in [3.63, 3.8) is 0 Å². The van der Waals surface area contributed by atoms with Gasteiger partial charge < -0.3 is 19.4 Å². The third-order valence-electron chi connectivity index (χ3n) is 9.24. The number of hydrogen-bond donors (Lipinski definition) is 1. The normalized spacial score (nSPS) is 19.7. The monoisotopic (exact) mass is 845 g/mol. The Balaban J connectivity index is 3.96. The number of nitrogens with zero attached hydrogens (tertiary/aromatic N) is 1. The zero-order valence-electron chi connectivity index (χ0n) is 26.4. The molecule has 1 fully saturated rings. The lowest BCUT2D eigenvalue weighted by Gasteiger charge is -2.56. The molecule has 0 bridgehead atoms. The van der Waals surface area contributed by atoms with Gasteiger partial charge in [-0.1, -0.05) is 43.6 Å². The van der Waals surface area contributed by atoms with Crippen LogP contribution in [0.3, 0.4) is 0 Å². The van der Waals surface area contributed by atoms with Crippen LogP contribution in [0.15, 0.2) is 0 Å². The van der Waals surface area contributed by atoms with Crippen LogP contribution in [0.2, 0.25) is 0 Å². The maximum Gasteiger partial charge on any atom is 0.435 e. The number of piperidine rings is 1. The molecule has 5 nitrogen and oxygen atoms in total. The Hall–Kier alpha value is -0.980. The minimum Gasteiger partial charge on any atom is -0.377 e. The summed E-state index contributed by atoms with van der Waals surface area (Å²) in [5.74, 6) is 0. The molecule has 0 saturated carbocycles. The molecule has 1 rings (SSSR count). The van der Waals surface area contributed by atoms with Crippen molar-refractivity contribution in [1.82, 2.24) is 5.06 Å². The predicted octanol–water partition coefficient (Wildman–Crippen LogP) is 10.2. The molecule has 50 heavy (non-hydrogen) atoms. The summed E-state index contributed by atoms with van der Waals surface area (Å²) >= 11 is 2.37. The van der Waals surface area contributed by atoms with Crippen molar-refractivity contribution in [1.29, 1.82) is 0 Å². The quantitative estimate of drug-likeness (QED) is 0.139. The largest absolute Gasteiger partial charge is 0.435 e. The average Bonchev–Trinajstić information content (AvgIpc) is 2.92. The zero-order valence-corrected chi connectivity index (χ0v) is 28.0. The maximum absolute atomic E-state index is 13.6. The Morgan fingerprint density at radius 3 is 1.00 bits per heavy atom. The number of halogens is 19. The molecule has 1 saturated heterocycles. The second kappa shape index (κ2) is 15.0. The van der Waals surface area contributed by atoms with E-state index in [1.165, 1.54) is 0 Å². The molecule has 0 aromatic heterocycles. The van der Waals surface area contributed by atoms with Gasteiger partial charge in [-0.05, 0) is 38.5 Å². The van der Waals surface area contributed by atoms with E-state index in [1.807, 2.05) is 0 Å². The average molecular weight is 846 g/mol. The summed E-state index contributed by atoms with van der Waals surface area (Å²) in [5.41, 5.74) is -20.1. The van der Waals surface area contributed by atoms with E-state index in [-0.39, 0.29) is 38.5 Å². The first-order valence-corrected chi connectivity index (χ1v) is 15.6. The van der Waals surface area contributed by atoms with E-state index in [4.69, 9.17) is 4.74 Å². The molecule has 0 amide bonds. The van der Waals surface area contributed by atoms with Gasteiger partial charge in [0.05, 0.1) is 31.3 Å². The molecule has 0 spiro atoms. The highest BCUT2D eigenvalue weighted by Crippen LogP contribution is 2.58. The van der Waals surface area contributed by atoms with E-state index < -0.39 is 96.0 Å². The van der Waals surface area contributed by atoms with E-state index in [0.29, 0.717) is 0 Å². The van der Waals surface area contributed by atoms with Crippen LogP contribution in [-0.4, -0.2) is 101 Å². The SMILES string of the molecule is CCC1(CC)CC(OCC(CBr)(COC(C(F)(F)F)(C(F)(F)F)C(F)(F)F)COC(C(F)(F)F)(C(F)(F)F)C(F)(F)F)CC(CC)(CC)N1O. The fraction of sp³-hybridized carbons (Fsp3) is 1.00. The molecular formula is C26H34BrF18NO4. The molecular weight excluding hydrogens is 812 g/mol. The maximum atomic E-state index is 13.6. The van der Waals surface area contributed by atoms with Crippen LogP contribution in [0, 0.1) is 5.41 Å². The van der Waals surface area contributed by atoms with E-state index in [2.05, 4.69) is 25.4 Å². The lowest BCUT2D eigenvalue weighted by molar-refractivity contribution is -0.467. The summed E-state index contributed by atoms with van der Waals surface area (Å²) in [4.78, 5) is 0. The van der Waals surface area contributed by atoms with E-state index in [9.17, 15) is 84.2 Å². The predicted molar refractivity (Wildman–Crippen MR) is 139 cm³/mol. The minimum absolute atomic E-state index is 0.133. The topological polar surface area (TPSA) is 51.2 Å². The second-order valence-corrected chi connectivity index (χ2v) is 12.6. The van der Waals surface area contributed by atoms with Crippen LogP contribution in [-0.2, 0) is 14.2 Å². The van der Waals surface area contributed by atoms with Crippen molar-refractivity contribution in [3.05, 3.63) is 0 Å². The first kappa shape index (κ1) is 47.0. The summed E-state index contributed by atoms with van der Waals surface area (Å²) in [7, 11) is 0. The highest BCUT2D eigenvalue weighted by atomic mass is 79.9. The van der Waals surface area contributed by atoms with Crippen molar-refractivity contribution >= 4 is 15.9 Å². The van der Waals surface area contributed by atoms with Crippen molar-refractivity contribution in [3.8, 4) is 0 Å². The van der Waals surface area contributed by atoms with Gasteiger partial charge in [-0.3, -0.25) is 0 Å². The second-order valence-electron chi connectivity index (χ2n) is 12.1.